The number of hydrogen-bond acceptors (Lipinski definition) is 3. The number of hydrogen-bond donors (Lipinski definition) is 1. The maximum absolute atomic E-state index is 5.88. The van der Waals surface area contributed by atoms with Gasteiger partial charge < -0.3 is 15.4 Å². The summed E-state index contributed by atoms with van der Waals surface area (Å²) in [6.07, 6.45) is 1.31. The number of likely N-dealkylation sites (tertiary alicyclic amines) is 1. The molecule has 1 rings (SSSR count). The number of nitrogens with two attached hydrogens (primary N) is 1. The van der Waals surface area contributed by atoms with Crippen LogP contribution in [0.4, 0.5) is 0 Å². The minimum Gasteiger partial charge on any atom is -0.376 e. The molecule has 0 aromatic carbocycles. The van der Waals surface area contributed by atoms with Crippen LogP contribution in [0.5, 0.6) is 0 Å². The molecule has 2 unspecified atom stereocenters. The molecule has 0 aliphatic carbocycles. The molecular formula is C8H18N2O. The van der Waals surface area contributed by atoms with Gasteiger partial charge in [0.05, 0.1) is 6.10 Å². The maximum atomic E-state index is 5.88. The van der Waals surface area contributed by atoms with Crippen LogP contribution < -0.4 is 5.73 Å². The largest absolute Gasteiger partial charge is 0.376 e. The van der Waals surface area contributed by atoms with Gasteiger partial charge in [0.2, 0.25) is 0 Å². The summed E-state index contributed by atoms with van der Waals surface area (Å²) in [5, 5.41) is 0. The number of piperidine rings is 1. The molecule has 0 bridgehead atoms. The summed E-state index contributed by atoms with van der Waals surface area (Å²) in [5.41, 5.74) is 5.88. The monoisotopic (exact) mass is 158 g/mol. The van der Waals surface area contributed by atoms with Crippen LogP contribution >= 0.6 is 0 Å². The lowest BCUT2D eigenvalue weighted by Crippen LogP contribution is -2.50. The van der Waals surface area contributed by atoms with Crippen molar-refractivity contribution in [2.24, 2.45) is 5.73 Å². The van der Waals surface area contributed by atoms with Gasteiger partial charge in [-0.3, -0.25) is 0 Å². The molecule has 1 fully saturated rings. The minimum atomic E-state index is 0.242. The molecular weight excluding hydrogens is 140 g/mol. The molecule has 0 spiro atoms. The van der Waals surface area contributed by atoms with Crippen molar-refractivity contribution in [3.05, 3.63) is 0 Å². The first-order valence-corrected chi connectivity index (χ1v) is 4.29. The van der Waals surface area contributed by atoms with E-state index >= 15 is 0 Å². The predicted molar refractivity (Wildman–Crippen MR) is 45.5 cm³/mol. The van der Waals surface area contributed by atoms with Gasteiger partial charge in [0, 0.05) is 19.2 Å². The molecule has 1 heterocycles. The van der Waals surface area contributed by atoms with Crippen LogP contribution in [0.2, 0.25) is 0 Å². The van der Waals surface area contributed by atoms with Crippen LogP contribution in [0.25, 0.3) is 0 Å². The highest BCUT2D eigenvalue weighted by Gasteiger charge is 2.24. The normalized spacial score (nSPS) is 34.1. The Bertz CT molecular complexity index is 119. The van der Waals surface area contributed by atoms with Crippen molar-refractivity contribution >= 4 is 0 Å². The third kappa shape index (κ3) is 2.43. The smallest absolute Gasteiger partial charge is 0.0852 e. The molecule has 0 radical (unpaired) electrons. The van der Waals surface area contributed by atoms with E-state index in [-0.39, 0.29) is 12.1 Å². The molecule has 2 atom stereocenters. The summed E-state index contributed by atoms with van der Waals surface area (Å²) < 4.78 is 5.50. The van der Waals surface area contributed by atoms with Crippen molar-refractivity contribution in [2.45, 2.75) is 25.5 Å². The Hall–Kier alpha value is -0.120. The SMILES string of the molecule is CCOC1CN(C)CCC1N. The van der Waals surface area contributed by atoms with Gasteiger partial charge in [0.1, 0.15) is 0 Å². The minimum absolute atomic E-state index is 0.242. The standard InChI is InChI=1S/C8H18N2O/c1-3-11-8-6-10(2)5-4-7(8)9/h7-8H,3-6,9H2,1-2H3. The van der Waals surface area contributed by atoms with Crippen LogP contribution in [-0.4, -0.2) is 43.8 Å². The highest BCUT2D eigenvalue weighted by Crippen LogP contribution is 2.10. The fraction of sp³-hybridized carbons (Fsp3) is 1.00. The van der Waals surface area contributed by atoms with Gasteiger partial charge in [-0.05, 0) is 26.9 Å². The fourth-order valence-corrected chi connectivity index (χ4v) is 1.48. The van der Waals surface area contributed by atoms with Crippen molar-refractivity contribution in [1.29, 1.82) is 0 Å². The summed E-state index contributed by atoms with van der Waals surface area (Å²) in [7, 11) is 2.11. The van der Waals surface area contributed by atoms with Gasteiger partial charge in [-0.2, -0.15) is 0 Å². The number of rotatable bonds is 2. The van der Waals surface area contributed by atoms with E-state index in [1.165, 1.54) is 0 Å². The zero-order valence-electron chi connectivity index (χ0n) is 7.42. The summed E-state index contributed by atoms with van der Waals surface area (Å²) in [6.45, 7) is 4.87. The third-order valence-corrected chi connectivity index (χ3v) is 2.19. The van der Waals surface area contributed by atoms with Crippen molar-refractivity contribution in [3.8, 4) is 0 Å². The molecule has 1 aliphatic rings. The lowest BCUT2D eigenvalue weighted by atomic mass is 10.0. The summed E-state index contributed by atoms with van der Waals surface area (Å²) >= 11 is 0. The van der Waals surface area contributed by atoms with Gasteiger partial charge in [-0.25, -0.2) is 0 Å². The lowest BCUT2D eigenvalue weighted by molar-refractivity contribution is -0.000129. The first-order chi connectivity index (χ1) is 5.24. The van der Waals surface area contributed by atoms with Gasteiger partial charge in [-0.15, -0.1) is 0 Å². The van der Waals surface area contributed by atoms with Gasteiger partial charge >= 0.3 is 0 Å². The number of likely N-dealkylation sites (N-methyl/N-ethyl adjacent to an activating group) is 1. The summed E-state index contributed by atoms with van der Waals surface area (Å²) in [4.78, 5) is 2.27. The number of ether oxygens (including phenoxy) is 1. The Morgan fingerprint density at radius 1 is 1.64 bits per heavy atom. The first-order valence-electron chi connectivity index (χ1n) is 4.29. The maximum Gasteiger partial charge on any atom is 0.0852 e. The van der Waals surface area contributed by atoms with Gasteiger partial charge in [-0.1, -0.05) is 0 Å². The Morgan fingerprint density at radius 2 is 2.36 bits per heavy atom. The van der Waals surface area contributed by atoms with Crippen molar-refractivity contribution in [1.82, 2.24) is 4.90 Å². The molecule has 1 saturated heterocycles. The van der Waals surface area contributed by atoms with Crippen LogP contribution in [0.15, 0.2) is 0 Å². The average molecular weight is 158 g/mol. The van der Waals surface area contributed by atoms with Crippen LogP contribution in [0, 0.1) is 0 Å². The lowest BCUT2D eigenvalue weighted by Gasteiger charge is -2.34. The molecule has 3 nitrogen and oxygen atoms in total. The van der Waals surface area contributed by atoms with E-state index in [1.807, 2.05) is 6.92 Å². The van der Waals surface area contributed by atoms with E-state index in [4.69, 9.17) is 10.5 Å². The Labute approximate surface area is 68.5 Å². The van der Waals surface area contributed by atoms with E-state index in [0.717, 1.165) is 26.1 Å². The van der Waals surface area contributed by atoms with E-state index in [1.54, 1.807) is 0 Å². The van der Waals surface area contributed by atoms with E-state index in [9.17, 15) is 0 Å². The van der Waals surface area contributed by atoms with Gasteiger partial charge in [0.25, 0.3) is 0 Å². The molecule has 1 aliphatic heterocycles. The topological polar surface area (TPSA) is 38.5 Å². The quantitative estimate of drug-likeness (QED) is 0.617. The van der Waals surface area contributed by atoms with Crippen LogP contribution in [0.3, 0.4) is 0 Å². The molecule has 66 valence electrons. The highest BCUT2D eigenvalue weighted by atomic mass is 16.5. The molecule has 0 aromatic rings. The Morgan fingerprint density at radius 3 is 3.00 bits per heavy atom. The summed E-state index contributed by atoms with van der Waals surface area (Å²) in [6, 6.07) is 0.242. The molecule has 2 N–H and O–H groups in total. The zero-order valence-corrected chi connectivity index (χ0v) is 7.42. The van der Waals surface area contributed by atoms with E-state index < -0.39 is 0 Å². The molecule has 3 heteroatoms. The van der Waals surface area contributed by atoms with Crippen LogP contribution in [0.1, 0.15) is 13.3 Å². The van der Waals surface area contributed by atoms with E-state index in [2.05, 4.69) is 11.9 Å². The van der Waals surface area contributed by atoms with Gasteiger partial charge in [0.15, 0.2) is 0 Å². The van der Waals surface area contributed by atoms with Crippen LogP contribution in [-0.2, 0) is 4.74 Å². The molecule has 0 amide bonds. The van der Waals surface area contributed by atoms with E-state index in [0.29, 0.717) is 0 Å². The summed E-state index contributed by atoms with van der Waals surface area (Å²) in [5.74, 6) is 0. The predicted octanol–water partition coefficient (Wildman–Crippen LogP) is 0.0543. The Balaban J connectivity index is 2.34. The molecule has 11 heavy (non-hydrogen) atoms. The van der Waals surface area contributed by atoms with Crippen molar-refractivity contribution in [3.63, 3.8) is 0 Å². The third-order valence-electron chi connectivity index (χ3n) is 2.19. The van der Waals surface area contributed by atoms with Crippen molar-refractivity contribution in [2.75, 3.05) is 26.7 Å². The molecule has 0 saturated carbocycles. The zero-order chi connectivity index (χ0) is 8.27. The number of nitrogens with zero attached hydrogens (tertiary/aromatic N) is 1. The fourth-order valence-electron chi connectivity index (χ4n) is 1.48. The average Bonchev–Trinajstić information content (AvgIpc) is 1.98. The first kappa shape index (κ1) is 8.97. The Kier molecular flexibility index (Phi) is 3.30. The highest BCUT2D eigenvalue weighted by molar-refractivity contribution is 4.82. The van der Waals surface area contributed by atoms with Crippen molar-refractivity contribution < 1.29 is 4.74 Å². The molecule has 0 aromatic heterocycles. The second kappa shape index (κ2) is 4.04. The second-order valence-corrected chi connectivity index (χ2v) is 3.21. The second-order valence-electron chi connectivity index (χ2n) is 3.21.